The van der Waals surface area contributed by atoms with E-state index in [2.05, 4.69) is 15.0 Å². The van der Waals surface area contributed by atoms with Gasteiger partial charge in [-0.15, -0.1) is 0 Å². The van der Waals surface area contributed by atoms with E-state index < -0.39 is 23.3 Å². The van der Waals surface area contributed by atoms with Crippen LogP contribution in [0.15, 0.2) is 70.5 Å². The lowest BCUT2D eigenvalue weighted by atomic mass is 9.92. The summed E-state index contributed by atoms with van der Waals surface area (Å²) in [4.78, 5) is 48.8. The van der Waals surface area contributed by atoms with Crippen molar-refractivity contribution in [3.05, 3.63) is 92.5 Å². The third kappa shape index (κ3) is 3.03. The van der Waals surface area contributed by atoms with Crippen molar-refractivity contribution in [3.8, 4) is 5.88 Å². The molecule has 0 aliphatic carbocycles. The number of para-hydroxylation sites is 1. The molecule has 0 saturated heterocycles. The van der Waals surface area contributed by atoms with E-state index in [0.717, 1.165) is 4.90 Å². The largest absolute Gasteiger partial charge is 0.494 e. The average Bonchev–Trinajstić information content (AvgIpc) is 2.78. The van der Waals surface area contributed by atoms with E-state index in [4.69, 9.17) is 12.2 Å². The van der Waals surface area contributed by atoms with Gasteiger partial charge in [-0.3, -0.25) is 24.4 Å². The third-order valence-corrected chi connectivity index (χ3v) is 5.39. The molecule has 2 heterocycles. The zero-order valence-electron chi connectivity index (χ0n) is 16.3. The number of amides is 2. The molecule has 0 bridgehead atoms. The maximum Gasteiger partial charge on any atom is 0.265 e. The van der Waals surface area contributed by atoms with Crippen molar-refractivity contribution in [1.82, 2.24) is 9.97 Å². The first-order valence-electron chi connectivity index (χ1n) is 9.55. The first-order valence-corrected chi connectivity index (χ1v) is 9.96. The Hall–Kier alpha value is -4.37. The lowest BCUT2D eigenvalue weighted by Crippen LogP contribution is -2.40. The Morgan fingerprint density at radius 3 is 2.31 bits per heavy atom. The Bertz CT molecular complexity index is 1550. The van der Waals surface area contributed by atoms with Gasteiger partial charge in [-0.1, -0.05) is 30.3 Å². The summed E-state index contributed by atoms with van der Waals surface area (Å²) in [6.07, 6.45) is 1.20. The van der Waals surface area contributed by atoms with Crippen LogP contribution in [-0.4, -0.2) is 33.1 Å². The molecule has 0 atom stereocenters. The number of nitrogens with zero attached hydrogens (tertiary/aromatic N) is 2. The molecule has 8 nitrogen and oxygen atoms in total. The Morgan fingerprint density at radius 1 is 0.875 bits per heavy atom. The van der Waals surface area contributed by atoms with Crippen LogP contribution in [0, 0.1) is 4.77 Å². The van der Waals surface area contributed by atoms with Crippen molar-refractivity contribution < 1.29 is 14.7 Å². The molecule has 2 amide bonds. The molecule has 1 aliphatic heterocycles. The van der Waals surface area contributed by atoms with Gasteiger partial charge in [-0.2, -0.15) is 0 Å². The summed E-state index contributed by atoms with van der Waals surface area (Å²) in [5.41, 5.74) is 0.983. The number of hydrogen-bond donors (Lipinski definition) is 3. The van der Waals surface area contributed by atoms with E-state index in [-0.39, 0.29) is 10.3 Å². The number of aliphatic imine (C=N–C) groups is 1. The number of aromatic nitrogens is 2. The van der Waals surface area contributed by atoms with Crippen LogP contribution in [0.5, 0.6) is 5.88 Å². The quantitative estimate of drug-likeness (QED) is 0.253. The standard InChI is InChI=1S/C23H14N4O4S/c28-19-16(20(29)26-23(32)25-19)11-24-17-10-9-15-18-13(17)7-4-8-14(18)21(30)27(22(15)31)12-5-2-1-3-6-12/h1-11H,(H3,25,26,28,29,32). The molecule has 1 aromatic heterocycles. The van der Waals surface area contributed by atoms with Crippen LogP contribution in [0.2, 0.25) is 0 Å². The predicted molar refractivity (Wildman–Crippen MR) is 123 cm³/mol. The lowest BCUT2D eigenvalue weighted by Gasteiger charge is -2.27. The smallest absolute Gasteiger partial charge is 0.265 e. The number of aromatic amines is 2. The number of hydrogen-bond acceptors (Lipinski definition) is 6. The van der Waals surface area contributed by atoms with Gasteiger partial charge in [0.1, 0.15) is 5.56 Å². The topological polar surface area (TPSA) is 119 Å². The fourth-order valence-corrected chi connectivity index (χ4v) is 3.93. The van der Waals surface area contributed by atoms with Crippen LogP contribution < -0.4 is 10.5 Å². The van der Waals surface area contributed by atoms with Crippen LogP contribution in [0.25, 0.3) is 10.8 Å². The second-order valence-corrected chi connectivity index (χ2v) is 7.48. The molecule has 0 unspecified atom stereocenters. The van der Waals surface area contributed by atoms with Crippen LogP contribution in [0.3, 0.4) is 0 Å². The number of aromatic hydroxyl groups is 1. The van der Waals surface area contributed by atoms with Gasteiger partial charge in [-0.25, -0.2) is 4.90 Å². The fraction of sp³-hybridized carbons (Fsp3) is 0. The van der Waals surface area contributed by atoms with Crippen LogP contribution >= 0.6 is 12.2 Å². The van der Waals surface area contributed by atoms with E-state index in [1.807, 2.05) is 6.07 Å². The van der Waals surface area contributed by atoms with Crippen LogP contribution in [0.1, 0.15) is 26.3 Å². The highest BCUT2D eigenvalue weighted by Crippen LogP contribution is 2.37. The van der Waals surface area contributed by atoms with Gasteiger partial charge < -0.3 is 10.1 Å². The summed E-state index contributed by atoms with van der Waals surface area (Å²) in [7, 11) is 0. The van der Waals surface area contributed by atoms with Gasteiger partial charge in [-0.05, 0) is 42.5 Å². The van der Waals surface area contributed by atoms with Crippen molar-refractivity contribution in [2.45, 2.75) is 0 Å². The van der Waals surface area contributed by atoms with E-state index in [1.165, 1.54) is 6.21 Å². The van der Waals surface area contributed by atoms with Crippen LogP contribution in [-0.2, 0) is 0 Å². The molecule has 156 valence electrons. The molecule has 3 N–H and O–H groups in total. The highest BCUT2D eigenvalue weighted by molar-refractivity contribution is 7.71. The van der Waals surface area contributed by atoms with Gasteiger partial charge in [0, 0.05) is 28.1 Å². The number of anilines is 1. The van der Waals surface area contributed by atoms with E-state index >= 15 is 0 Å². The number of rotatable bonds is 3. The zero-order chi connectivity index (χ0) is 22.4. The van der Waals surface area contributed by atoms with E-state index in [9.17, 15) is 19.5 Å². The Kier molecular flexibility index (Phi) is 4.53. The number of imide groups is 1. The van der Waals surface area contributed by atoms with Gasteiger partial charge in [0.2, 0.25) is 5.88 Å². The second kappa shape index (κ2) is 7.40. The third-order valence-electron chi connectivity index (χ3n) is 5.19. The highest BCUT2D eigenvalue weighted by atomic mass is 32.1. The number of carbonyl (C=O) groups excluding carboxylic acids is 2. The predicted octanol–water partition coefficient (Wildman–Crippen LogP) is 3.84. The minimum absolute atomic E-state index is 0.00812. The van der Waals surface area contributed by atoms with Crippen molar-refractivity contribution in [2.75, 3.05) is 4.90 Å². The SMILES string of the molecule is O=C1c2cccc3c(N=Cc4c(O)[nH]c(=S)[nH]c4=O)ccc(c23)C(=O)N1c1ccccc1. The number of carbonyl (C=O) groups is 2. The molecule has 9 heteroatoms. The molecular weight excluding hydrogens is 428 g/mol. The normalized spacial score (nSPS) is 13.3. The molecule has 0 saturated carbocycles. The van der Waals surface area contributed by atoms with Gasteiger partial charge in [0.05, 0.1) is 11.4 Å². The Morgan fingerprint density at radius 2 is 1.59 bits per heavy atom. The summed E-state index contributed by atoms with van der Waals surface area (Å²) >= 11 is 4.82. The van der Waals surface area contributed by atoms with E-state index in [0.29, 0.717) is 33.3 Å². The Labute approximate surface area is 185 Å². The molecule has 4 aromatic rings. The molecule has 0 fully saturated rings. The lowest BCUT2D eigenvalue weighted by molar-refractivity contribution is 0.0893. The highest BCUT2D eigenvalue weighted by Gasteiger charge is 2.34. The minimum atomic E-state index is -0.596. The summed E-state index contributed by atoms with van der Waals surface area (Å²) in [6, 6.07) is 17.1. The maximum atomic E-state index is 13.2. The monoisotopic (exact) mass is 442 g/mol. The molecule has 0 spiro atoms. The molecule has 0 radical (unpaired) electrons. The summed E-state index contributed by atoms with van der Waals surface area (Å²) in [5.74, 6) is -1.26. The Balaban J connectivity index is 1.66. The van der Waals surface area contributed by atoms with Crippen molar-refractivity contribution in [1.29, 1.82) is 0 Å². The maximum absolute atomic E-state index is 13.2. The molecule has 1 aliphatic rings. The second-order valence-electron chi connectivity index (χ2n) is 7.07. The fourth-order valence-electron chi connectivity index (χ4n) is 3.74. The first-order chi connectivity index (χ1) is 15.5. The molecule has 5 rings (SSSR count). The number of benzene rings is 3. The zero-order valence-corrected chi connectivity index (χ0v) is 17.1. The first kappa shape index (κ1) is 19.6. The van der Waals surface area contributed by atoms with Crippen molar-refractivity contribution in [3.63, 3.8) is 0 Å². The molecule has 32 heavy (non-hydrogen) atoms. The number of nitrogens with one attached hydrogen (secondary N) is 2. The summed E-state index contributed by atoms with van der Waals surface area (Å²) in [6.45, 7) is 0. The summed E-state index contributed by atoms with van der Waals surface area (Å²) < 4.78 is -0.00812. The van der Waals surface area contributed by atoms with Gasteiger partial charge in [0.25, 0.3) is 17.4 Å². The van der Waals surface area contributed by atoms with Crippen molar-refractivity contribution >= 4 is 52.4 Å². The van der Waals surface area contributed by atoms with Crippen molar-refractivity contribution in [2.24, 2.45) is 4.99 Å². The summed E-state index contributed by atoms with van der Waals surface area (Å²) in [5, 5.41) is 11.0. The molecule has 3 aromatic carbocycles. The number of H-pyrrole nitrogens is 2. The minimum Gasteiger partial charge on any atom is -0.494 e. The van der Waals surface area contributed by atoms with E-state index in [1.54, 1.807) is 54.6 Å². The van der Waals surface area contributed by atoms with Gasteiger partial charge >= 0.3 is 0 Å². The van der Waals surface area contributed by atoms with Crippen LogP contribution in [0.4, 0.5) is 11.4 Å². The van der Waals surface area contributed by atoms with Gasteiger partial charge in [0.15, 0.2) is 4.77 Å². The molecular formula is C23H14N4O4S. The average molecular weight is 442 g/mol.